The maximum atomic E-state index is 13.3. The highest BCUT2D eigenvalue weighted by Crippen LogP contribution is 2.37. The Morgan fingerprint density at radius 2 is 1.79 bits per heavy atom. The van der Waals surface area contributed by atoms with Crippen LogP contribution in [-0.4, -0.2) is 36.7 Å². The van der Waals surface area contributed by atoms with Crippen molar-refractivity contribution in [3.63, 3.8) is 0 Å². The van der Waals surface area contributed by atoms with Crippen molar-refractivity contribution < 1.29 is 24.2 Å². The molecule has 0 unspecified atom stereocenters. The third kappa shape index (κ3) is 5.00. The molecule has 2 N–H and O–H groups in total. The zero-order valence-corrected chi connectivity index (χ0v) is 20.4. The van der Waals surface area contributed by atoms with Crippen LogP contribution < -0.4 is 10.1 Å². The first kappa shape index (κ1) is 24.0. The van der Waals surface area contributed by atoms with E-state index in [-0.39, 0.29) is 6.42 Å². The fourth-order valence-corrected chi connectivity index (χ4v) is 4.58. The van der Waals surface area contributed by atoms with Crippen LogP contribution in [0.25, 0.3) is 11.1 Å². The van der Waals surface area contributed by atoms with Crippen LogP contribution >= 0.6 is 15.9 Å². The summed E-state index contributed by atoms with van der Waals surface area (Å²) in [6.45, 7) is 0.450. The van der Waals surface area contributed by atoms with E-state index in [2.05, 4.69) is 21.2 Å². The first-order valence-corrected chi connectivity index (χ1v) is 11.9. The van der Waals surface area contributed by atoms with Crippen molar-refractivity contribution in [1.29, 1.82) is 0 Å². The van der Waals surface area contributed by atoms with Gasteiger partial charge in [0.15, 0.2) is 5.60 Å². The molecule has 1 aliphatic rings. The summed E-state index contributed by atoms with van der Waals surface area (Å²) in [4.78, 5) is 25.4. The van der Waals surface area contributed by atoms with E-state index in [1.807, 2.05) is 72.8 Å². The number of methoxy groups -OCH3 is 1. The normalized spacial score (nSPS) is 18.3. The summed E-state index contributed by atoms with van der Waals surface area (Å²) >= 11 is 3.41. The summed E-state index contributed by atoms with van der Waals surface area (Å²) in [7, 11) is 1.63. The van der Waals surface area contributed by atoms with Gasteiger partial charge in [-0.1, -0.05) is 70.5 Å². The van der Waals surface area contributed by atoms with Crippen LogP contribution in [-0.2, 0) is 26.3 Å². The van der Waals surface area contributed by atoms with Crippen LogP contribution in [0.4, 0.5) is 0 Å². The number of carboxylic acids is 1. The number of hydrogen-bond acceptors (Lipinski definition) is 4. The molecular formula is C27H26BrNO5. The number of amides is 1. The Morgan fingerprint density at radius 1 is 1.09 bits per heavy atom. The summed E-state index contributed by atoms with van der Waals surface area (Å²) in [6.07, 6.45) is 1.38. The summed E-state index contributed by atoms with van der Waals surface area (Å²) in [5.74, 6) is -0.753. The van der Waals surface area contributed by atoms with Crippen molar-refractivity contribution in [3.8, 4) is 16.9 Å². The minimum atomic E-state index is -1.18. The van der Waals surface area contributed by atoms with Gasteiger partial charge in [-0.05, 0) is 47.7 Å². The summed E-state index contributed by atoms with van der Waals surface area (Å²) < 4.78 is 12.2. The molecule has 176 valence electrons. The van der Waals surface area contributed by atoms with Gasteiger partial charge in [0, 0.05) is 23.1 Å². The van der Waals surface area contributed by atoms with Gasteiger partial charge in [-0.2, -0.15) is 0 Å². The topological polar surface area (TPSA) is 84.9 Å². The lowest BCUT2D eigenvalue weighted by atomic mass is 9.89. The van der Waals surface area contributed by atoms with Crippen molar-refractivity contribution in [2.75, 3.05) is 13.7 Å². The van der Waals surface area contributed by atoms with E-state index in [1.165, 1.54) is 0 Å². The molecule has 34 heavy (non-hydrogen) atoms. The number of halogens is 1. The van der Waals surface area contributed by atoms with Crippen molar-refractivity contribution in [2.45, 2.75) is 30.9 Å². The molecule has 7 heteroatoms. The Morgan fingerprint density at radius 3 is 2.41 bits per heavy atom. The summed E-state index contributed by atoms with van der Waals surface area (Å²) in [6, 6.07) is 21.6. The van der Waals surface area contributed by atoms with Crippen LogP contribution in [0.1, 0.15) is 24.0 Å². The maximum absolute atomic E-state index is 13.3. The molecule has 0 aromatic heterocycles. The van der Waals surface area contributed by atoms with Crippen molar-refractivity contribution >= 4 is 27.8 Å². The van der Waals surface area contributed by atoms with Gasteiger partial charge in [-0.15, -0.1) is 0 Å². The molecule has 1 saturated heterocycles. The third-order valence-corrected chi connectivity index (χ3v) is 6.64. The number of carbonyl (C=O) groups excluding carboxylic acids is 1. The van der Waals surface area contributed by atoms with Gasteiger partial charge >= 0.3 is 5.97 Å². The van der Waals surface area contributed by atoms with E-state index < -0.39 is 23.5 Å². The van der Waals surface area contributed by atoms with E-state index in [1.54, 1.807) is 7.11 Å². The summed E-state index contributed by atoms with van der Waals surface area (Å²) in [5.41, 5.74) is 2.26. The van der Waals surface area contributed by atoms with E-state index >= 15 is 0 Å². The number of rotatable bonds is 8. The second-order valence-corrected chi connectivity index (χ2v) is 9.17. The molecule has 1 heterocycles. The largest absolute Gasteiger partial charge is 0.496 e. The molecule has 0 saturated carbocycles. The van der Waals surface area contributed by atoms with Crippen molar-refractivity contribution in [1.82, 2.24) is 5.32 Å². The predicted molar refractivity (Wildman–Crippen MR) is 133 cm³/mol. The summed E-state index contributed by atoms with van der Waals surface area (Å²) in [5, 5.41) is 12.6. The van der Waals surface area contributed by atoms with E-state index in [4.69, 9.17) is 9.47 Å². The zero-order chi connectivity index (χ0) is 24.1. The molecule has 0 aliphatic carbocycles. The zero-order valence-electron chi connectivity index (χ0n) is 18.8. The molecule has 0 bridgehead atoms. The second kappa shape index (κ2) is 10.4. The molecule has 6 nitrogen and oxygen atoms in total. The molecule has 3 aromatic rings. The van der Waals surface area contributed by atoms with Crippen LogP contribution in [0.3, 0.4) is 0 Å². The lowest BCUT2D eigenvalue weighted by Crippen LogP contribution is -2.51. The molecule has 1 amide bonds. The van der Waals surface area contributed by atoms with E-state index in [9.17, 15) is 14.7 Å². The Bertz CT molecular complexity index is 1150. The molecule has 4 rings (SSSR count). The first-order valence-electron chi connectivity index (χ1n) is 11.1. The lowest BCUT2D eigenvalue weighted by Gasteiger charge is -2.29. The highest BCUT2D eigenvalue weighted by molar-refractivity contribution is 9.10. The van der Waals surface area contributed by atoms with Crippen LogP contribution in [0, 0.1) is 0 Å². The molecule has 2 atom stereocenters. The highest BCUT2D eigenvalue weighted by atomic mass is 79.9. The van der Waals surface area contributed by atoms with E-state index in [0.717, 1.165) is 38.9 Å². The Balaban J connectivity index is 1.52. The number of ether oxygens (including phenoxy) is 2. The average molecular weight is 524 g/mol. The molecule has 0 spiro atoms. The Kier molecular flexibility index (Phi) is 7.34. The minimum absolute atomic E-state index is 0.156. The maximum Gasteiger partial charge on any atom is 0.326 e. The average Bonchev–Trinajstić information content (AvgIpc) is 3.36. The standard InChI is InChI=1S/C27H26BrNO5/c1-33-24-6-3-2-5-22(24)19-9-7-18(8-10-19)17-23(25(30)31)29-26(32)27(15-4-16-34-27)20-11-13-21(28)14-12-20/h2-3,5-14,23H,4,15-17H2,1H3,(H,29,32)(H,30,31)/t23-,27-/m0/s1. The monoisotopic (exact) mass is 523 g/mol. The first-order chi connectivity index (χ1) is 16.4. The van der Waals surface area contributed by atoms with Crippen LogP contribution in [0.15, 0.2) is 77.3 Å². The number of hydrogen-bond donors (Lipinski definition) is 2. The van der Waals surface area contributed by atoms with Gasteiger partial charge in [0.05, 0.1) is 7.11 Å². The van der Waals surface area contributed by atoms with Gasteiger partial charge in [0.1, 0.15) is 11.8 Å². The Hall–Kier alpha value is -3.16. The van der Waals surface area contributed by atoms with Crippen molar-refractivity contribution in [2.24, 2.45) is 0 Å². The quantitative estimate of drug-likeness (QED) is 0.436. The predicted octanol–water partition coefficient (Wildman–Crippen LogP) is 4.94. The Labute approximate surface area is 207 Å². The molecular weight excluding hydrogens is 498 g/mol. The molecule has 1 aliphatic heterocycles. The number of carbonyl (C=O) groups is 2. The number of para-hydroxylation sites is 1. The van der Waals surface area contributed by atoms with Gasteiger partial charge in [0.25, 0.3) is 5.91 Å². The molecule has 3 aromatic carbocycles. The second-order valence-electron chi connectivity index (χ2n) is 8.25. The number of nitrogens with one attached hydrogen (secondary N) is 1. The lowest BCUT2D eigenvalue weighted by molar-refractivity contribution is -0.149. The number of aliphatic carboxylic acids is 1. The minimum Gasteiger partial charge on any atom is -0.496 e. The smallest absolute Gasteiger partial charge is 0.326 e. The molecule has 1 fully saturated rings. The molecule has 0 radical (unpaired) electrons. The highest BCUT2D eigenvalue weighted by Gasteiger charge is 2.45. The van der Waals surface area contributed by atoms with Crippen molar-refractivity contribution in [3.05, 3.63) is 88.4 Å². The van der Waals surface area contributed by atoms with Gasteiger partial charge in [-0.25, -0.2) is 4.79 Å². The SMILES string of the molecule is COc1ccccc1-c1ccc(C[C@H](NC(=O)[C@@]2(c3ccc(Br)cc3)CCCO2)C(=O)O)cc1. The van der Waals surface area contributed by atoms with Gasteiger partial charge in [0.2, 0.25) is 0 Å². The fourth-order valence-electron chi connectivity index (χ4n) is 4.31. The fraction of sp³-hybridized carbons (Fsp3) is 0.259. The van der Waals surface area contributed by atoms with E-state index in [0.29, 0.717) is 13.0 Å². The third-order valence-electron chi connectivity index (χ3n) is 6.11. The van der Waals surface area contributed by atoms with Crippen LogP contribution in [0.5, 0.6) is 5.75 Å². The van der Waals surface area contributed by atoms with Gasteiger partial charge in [-0.3, -0.25) is 4.79 Å². The van der Waals surface area contributed by atoms with Crippen LogP contribution in [0.2, 0.25) is 0 Å². The number of benzene rings is 3. The van der Waals surface area contributed by atoms with Gasteiger partial charge < -0.3 is 19.9 Å². The number of carboxylic acid groups (broad SMARTS) is 1.